The minimum Gasteiger partial charge on any atom is -0.379 e. The molecule has 6 nitrogen and oxygen atoms in total. The summed E-state index contributed by atoms with van der Waals surface area (Å²) >= 11 is 2.08. The summed E-state index contributed by atoms with van der Waals surface area (Å²) in [7, 11) is 0. The summed E-state index contributed by atoms with van der Waals surface area (Å²) in [4.78, 5) is 10.3. The van der Waals surface area contributed by atoms with Gasteiger partial charge in [0.1, 0.15) is 0 Å². The van der Waals surface area contributed by atoms with E-state index >= 15 is 0 Å². The molecule has 3 aliphatic heterocycles. The lowest BCUT2D eigenvalue weighted by molar-refractivity contribution is -0.0104. The monoisotopic (exact) mass is 445 g/mol. The second-order valence-corrected chi connectivity index (χ2v) is 10.1. The van der Waals surface area contributed by atoms with Crippen molar-refractivity contribution in [3.8, 4) is 0 Å². The summed E-state index contributed by atoms with van der Waals surface area (Å²) in [5, 5.41) is 7.25. The summed E-state index contributed by atoms with van der Waals surface area (Å²) in [6.07, 6.45) is 3.57. The SMILES string of the molecule is CCNC(=NCC1(N2CCOCC2)CCSC1)NC1CCN(Cc2ccccc2)CC1. The standard InChI is InChI=1S/C24H39N5OS/c1-2-25-23(26-19-24(10-17-31-20-24)29-13-15-30-16-14-29)27-22-8-11-28(12-9-22)18-21-6-4-3-5-7-21/h3-7,22H,2,8-20H2,1H3,(H2,25,26,27). The topological polar surface area (TPSA) is 52.1 Å². The zero-order valence-corrected chi connectivity index (χ0v) is 19.8. The Morgan fingerprint density at radius 1 is 1.16 bits per heavy atom. The minimum atomic E-state index is 0.204. The molecule has 0 saturated carbocycles. The van der Waals surface area contributed by atoms with E-state index in [1.54, 1.807) is 0 Å². The lowest BCUT2D eigenvalue weighted by Crippen LogP contribution is -2.56. The van der Waals surface area contributed by atoms with Gasteiger partial charge in [0.2, 0.25) is 0 Å². The molecule has 1 aromatic rings. The second kappa shape index (κ2) is 11.5. The number of benzene rings is 1. The van der Waals surface area contributed by atoms with E-state index in [0.29, 0.717) is 6.04 Å². The minimum absolute atomic E-state index is 0.204. The van der Waals surface area contributed by atoms with Gasteiger partial charge in [0.15, 0.2) is 5.96 Å². The van der Waals surface area contributed by atoms with Crippen LogP contribution in [0, 0.1) is 0 Å². The number of morpholine rings is 1. The molecular weight excluding hydrogens is 406 g/mol. The highest BCUT2D eigenvalue weighted by molar-refractivity contribution is 7.99. The third-order valence-corrected chi connectivity index (χ3v) is 8.05. The van der Waals surface area contributed by atoms with E-state index < -0.39 is 0 Å². The van der Waals surface area contributed by atoms with E-state index in [-0.39, 0.29) is 5.54 Å². The van der Waals surface area contributed by atoms with Crippen molar-refractivity contribution >= 4 is 17.7 Å². The predicted octanol–water partition coefficient (Wildman–Crippen LogP) is 2.41. The lowest BCUT2D eigenvalue weighted by Gasteiger charge is -2.42. The molecule has 0 aromatic heterocycles. The Hall–Kier alpha value is -1.28. The molecule has 3 aliphatic rings. The number of hydrogen-bond acceptors (Lipinski definition) is 5. The molecule has 0 bridgehead atoms. The molecule has 0 amide bonds. The van der Waals surface area contributed by atoms with Crippen LogP contribution in [0.4, 0.5) is 0 Å². The fourth-order valence-corrected chi connectivity index (χ4v) is 6.39. The highest BCUT2D eigenvalue weighted by Crippen LogP contribution is 2.34. The molecule has 0 spiro atoms. The van der Waals surface area contributed by atoms with Crippen molar-refractivity contribution in [2.24, 2.45) is 4.99 Å². The molecule has 0 aliphatic carbocycles. The second-order valence-electron chi connectivity index (χ2n) is 9.00. The van der Waals surface area contributed by atoms with Crippen molar-refractivity contribution < 1.29 is 4.74 Å². The van der Waals surface area contributed by atoms with Crippen LogP contribution in [0.3, 0.4) is 0 Å². The van der Waals surface area contributed by atoms with E-state index in [4.69, 9.17) is 9.73 Å². The fraction of sp³-hybridized carbons (Fsp3) is 0.708. The molecular formula is C24H39N5OS. The number of rotatable bonds is 7. The first-order chi connectivity index (χ1) is 15.3. The number of nitrogens with one attached hydrogen (secondary N) is 2. The van der Waals surface area contributed by atoms with Crippen LogP contribution >= 0.6 is 11.8 Å². The molecule has 0 radical (unpaired) electrons. The average Bonchev–Trinajstić information content (AvgIpc) is 3.30. The summed E-state index contributed by atoms with van der Waals surface area (Å²) < 4.78 is 5.60. The molecule has 3 saturated heterocycles. The highest BCUT2D eigenvalue weighted by Gasteiger charge is 2.40. The summed E-state index contributed by atoms with van der Waals surface area (Å²) in [6.45, 7) is 11.1. The molecule has 172 valence electrons. The first-order valence-electron chi connectivity index (χ1n) is 12.0. The maximum atomic E-state index is 5.60. The number of thioether (sulfide) groups is 1. The molecule has 3 heterocycles. The maximum Gasteiger partial charge on any atom is 0.191 e. The Bertz CT molecular complexity index is 680. The van der Waals surface area contributed by atoms with E-state index in [1.165, 1.54) is 36.3 Å². The predicted molar refractivity (Wildman–Crippen MR) is 131 cm³/mol. The number of nitrogens with zero attached hydrogens (tertiary/aromatic N) is 3. The van der Waals surface area contributed by atoms with Gasteiger partial charge in [-0.3, -0.25) is 14.8 Å². The van der Waals surface area contributed by atoms with Gasteiger partial charge in [-0.25, -0.2) is 0 Å². The van der Waals surface area contributed by atoms with Gasteiger partial charge in [0, 0.05) is 51.1 Å². The van der Waals surface area contributed by atoms with E-state index in [2.05, 4.69) is 69.5 Å². The molecule has 2 N–H and O–H groups in total. The Morgan fingerprint density at radius 3 is 2.61 bits per heavy atom. The van der Waals surface area contributed by atoms with Gasteiger partial charge in [-0.1, -0.05) is 30.3 Å². The van der Waals surface area contributed by atoms with Crippen molar-refractivity contribution in [1.29, 1.82) is 0 Å². The largest absolute Gasteiger partial charge is 0.379 e. The Balaban J connectivity index is 1.30. The molecule has 1 aromatic carbocycles. The normalized spacial score (nSPS) is 26.8. The Morgan fingerprint density at radius 2 is 1.94 bits per heavy atom. The van der Waals surface area contributed by atoms with Crippen LogP contribution < -0.4 is 10.6 Å². The van der Waals surface area contributed by atoms with Crippen molar-refractivity contribution in [3.63, 3.8) is 0 Å². The lowest BCUT2D eigenvalue weighted by atomic mass is 9.96. The van der Waals surface area contributed by atoms with E-state index in [1.807, 2.05) is 0 Å². The number of likely N-dealkylation sites (tertiary alicyclic amines) is 1. The Labute approximate surface area is 192 Å². The number of ether oxygens (including phenoxy) is 1. The number of piperidine rings is 1. The van der Waals surface area contributed by atoms with Crippen molar-refractivity contribution in [2.45, 2.75) is 44.3 Å². The Kier molecular flexibility index (Phi) is 8.53. The zero-order valence-electron chi connectivity index (χ0n) is 19.0. The van der Waals surface area contributed by atoms with Gasteiger partial charge < -0.3 is 15.4 Å². The zero-order chi connectivity index (χ0) is 21.4. The van der Waals surface area contributed by atoms with Crippen molar-refractivity contribution in [2.75, 3.05) is 64.0 Å². The maximum absolute atomic E-state index is 5.60. The third-order valence-electron chi connectivity index (χ3n) is 6.82. The summed E-state index contributed by atoms with van der Waals surface area (Å²) in [5.41, 5.74) is 1.61. The summed E-state index contributed by atoms with van der Waals surface area (Å²) in [5.74, 6) is 3.43. The quantitative estimate of drug-likeness (QED) is 0.497. The van der Waals surface area contributed by atoms with Gasteiger partial charge in [-0.2, -0.15) is 11.8 Å². The first kappa shape index (κ1) is 22.9. The molecule has 1 atom stereocenters. The van der Waals surface area contributed by atoms with Gasteiger partial charge >= 0.3 is 0 Å². The molecule has 4 rings (SSSR count). The highest BCUT2D eigenvalue weighted by atomic mass is 32.2. The third kappa shape index (κ3) is 6.37. The molecule has 7 heteroatoms. The van der Waals surface area contributed by atoms with Crippen LogP contribution in [0.5, 0.6) is 0 Å². The van der Waals surface area contributed by atoms with Crippen molar-refractivity contribution in [3.05, 3.63) is 35.9 Å². The fourth-order valence-electron chi connectivity index (χ4n) is 4.92. The molecule has 31 heavy (non-hydrogen) atoms. The van der Waals surface area contributed by atoms with E-state index in [9.17, 15) is 0 Å². The van der Waals surface area contributed by atoms with Gasteiger partial charge in [0.05, 0.1) is 25.3 Å². The van der Waals surface area contributed by atoms with Crippen molar-refractivity contribution in [1.82, 2.24) is 20.4 Å². The van der Waals surface area contributed by atoms with Gasteiger partial charge in [-0.15, -0.1) is 0 Å². The number of hydrogen-bond donors (Lipinski definition) is 2. The number of guanidine groups is 1. The number of aliphatic imine (C=N–C) groups is 1. The molecule has 3 fully saturated rings. The average molecular weight is 446 g/mol. The van der Waals surface area contributed by atoms with E-state index in [0.717, 1.165) is 65.0 Å². The van der Waals surface area contributed by atoms with Crippen LogP contribution in [0.25, 0.3) is 0 Å². The van der Waals surface area contributed by atoms with Crippen LogP contribution in [0.2, 0.25) is 0 Å². The smallest absolute Gasteiger partial charge is 0.191 e. The molecule has 1 unspecified atom stereocenters. The summed E-state index contributed by atoms with van der Waals surface area (Å²) in [6, 6.07) is 11.3. The van der Waals surface area contributed by atoms with Crippen LogP contribution in [-0.2, 0) is 11.3 Å². The van der Waals surface area contributed by atoms with Gasteiger partial charge in [0.25, 0.3) is 0 Å². The van der Waals surface area contributed by atoms with Gasteiger partial charge in [-0.05, 0) is 37.5 Å². The first-order valence-corrected chi connectivity index (χ1v) is 13.1. The van der Waals surface area contributed by atoms with Crippen LogP contribution in [0.15, 0.2) is 35.3 Å². The van der Waals surface area contributed by atoms with Crippen LogP contribution in [-0.4, -0.2) is 91.3 Å². The van der Waals surface area contributed by atoms with Crippen LogP contribution in [0.1, 0.15) is 31.7 Å².